The van der Waals surface area contributed by atoms with Crippen molar-refractivity contribution in [3.63, 3.8) is 0 Å². The van der Waals surface area contributed by atoms with Gasteiger partial charge in [0.25, 0.3) is 0 Å². The van der Waals surface area contributed by atoms with E-state index in [0.717, 1.165) is 13.1 Å². The number of hydrazine groups is 1. The molecule has 0 aliphatic heterocycles. The highest BCUT2D eigenvalue weighted by atomic mass is 16.5. The van der Waals surface area contributed by atoms with Gasteiger partial charge in [0, 0.05) is 13.1 Å². The molecule has 0 aromatic carbocycles. The van der Waals surface area contributed by atoms with E-state index >= 15 is 0 Å². The topological polar surface area (TPSA) is 92.2 Å². The molecule has 0 rings (SSSR count). The van der Waals surface area contributed by atoms with Crippen molar-refractivity contribution >= 4 is 0 Å². The highest BCUT2D eigenvalue weighted by molar-refractivity contribution is 4.33. The molecule has 0 saturated carbocycles. The Morgan fingerprint density at radius 2 is 0.947 bits per heavy atom. The lowest BCUT2D eigenvalue weighted by molar-refractivity contribution is 0.00230. The number of aliphatic hydroxyl groups excluding tert-OH is 2. The number of ether oxygens (including phenoxy) is 3. The average Bonchev–Trinajstić information content (AvgIpc) is 2.44. The van der Waals surface area contributed by atoms with Crippen LogP contribution in [0, 0.1) is 0 Å². The van der Waals surface area contributed by atoms with Crippen molar-refractivity contribution in [2.75, 3.05) is 65.9 Å². The summed E-state index contributed by atoms with van der Waals surface area (Å²) < 4.78 is 15.0. The second kappa shape index (κ2) is 22.9. The maximum Gasteiger partial charge on any atom is 0.0701 e. The predicted molar refractivity (Wildman–Crippen MR) is 74.0 cm³/mol. The van der Waals surface area contributed by atoms with Crippen LogP contribution in [-0.2, 0) is 14.2 Å². The average molecular weight is 282 g/mol. The van der Waals surface area contributed by atoms with Crippen molar-refractivity contribution in [2.24, 2.45) is 0 Å². The molecule has 19 heavy (non-hydrogen) atoms. The molecule has 0 fully saturated rings. The van der Waals surface area contributed by atoms with Gasteiger partial charge in [-0.2, -0.15) is 0 Å². The van der Waals surface area contributed by atoms with E-state index in [4.69, 9.17) is 24.4 Å². The maximum absolute atomic E-state index is 8.36. The maximum atomic E-state index is 8.36. The van der Waals surface area contributed by atoms with Crippen molar-refractivity contribution in [3.8, 4) is 0 Å². The highest BCUT2D eigenvalue weighted by Gasteiger charge is 1.89. The Kier molecular flexibility index (Phi) is 25.3. The van der Waals surface area contributed by atoms with Crippen LogP contribution in [0.5, 0.6) is 0 Å². The lowest BCUT2D eigenvalue weighted by Gasteiger charge is -2.04. The van der Waals surface area contributed by atoms with Crippen molar-refractivity contribution < 1.29 is 24.4 Å². The van der Waals surface area contributed by atoms with Gasteiger partial charge in [0.15, 0.2) is 0 Å². The number of rotatable bonds is 13. The van der Waals surface area contributed by atoms with E-state index in [1.54, 1.807) is 0 Å². The molecule has 0 bridgehead atoms. The van der Waals surface area contributed by atoms with Crippen LogP contribution in [0.3, 0.4) is 0 Å². The fraction of sp³-hybridized carbons (Fsp3) is 1.00. The van der Waals surface area contributed by atoms with Crippen molar-refractivity contribution in [2.45, 2.75) is 13.8 Å². The van der Waals surface area contributed by atoms with Crippen LogP contribution in [0.1, 0.15) is 13.8 Å². The SMILES string of the molecule is CCNNCC.OCCOCCOCCOCCO. The molecule has 7 nitrogen and oxygen atoms in total. The van der Waals surface area contributed by atoms with Gasteiger partial charge in [-0.3, -0.25) is 10.9 Å². The lowest BCUT2D eigenvalue weighted by atomic mass is 10.7. The number of nitrogens with one attached hydrogen (secondary N) is 2. The van der Waals surface area contributed by atoms with Gasteiger partial charge in [0.1, 0.15) is 0 Å². The highest BCUT2D eigenvalue weighted by Crippen LogP contribution is 1.80. The van der Waals surface area contributed by atoms with Gasteiger partial charge in [-0.25, -0.2) is 0 Å². The molecular formula is C12H30N2O5. The summed E-state index contributed by atoms with van der Waals surface area (Å²) >= 11 is 0. The van der Waals surface area contributed by atoms with Gasteiger partial charge in [0.05, 0.1) is 52.9 Å². The first-order valence-corrected chi connectivity index (χ1v) is 6.74. The van der Waals surface area contributed by atoms with Gasteiger partial charge >= 0.3 is 0 Å². The summed E-state index contributed by atoms with van der Waals surface area (Å²) in [5.41, 5.74) is 5.90. The molecule has 0 spiro atoms. The summed E-state index contributed by atoms with van der Waals surface area (Å²) in [6.07, 6.45) is 0. The Morgan fingerprint density at radius 3 is 1.21 bits per heavy atom. The van der Waals surface area contributed by atoms with Crippen LogP contribution in [-0.4, -0.2) is 76.2 Å². The summed E-state index contributed by atoms with van der Waals surface area (Å²) in [5, 5.41) is 16.7. The summed E-state index contributed by atoms with van der Waals surface area (Å²) in [7, 11) is 0. The third-order valence-corrected chi connectivity index (χ3v) is 1.69. The molecule has 7 heteroatoms. The van der Waals surface area contributed by atoms with Gasteiger partial charge < -0.3 is 24.4 Å². The molecule has 0 unspecified atom stereocenters. The zero-order chi connectivity index (χ0) is 14.6. The zero-order valence-corrected chi connectivity index (χ0v) is 12.2. The second-order valence-corrected chi connectivity index (χ2v) is 3.34. The van der Waals surface area contributed by atoms with Crippen LogP contribution < -0.4 is 10.9 Å². The van der Waals surface area contributed by atoms with Crippen molar-refractivity contribution in [3.05, 3.63) is 0 Å². The molecular weight excluding hydrogens is 252 g/mol. The van der Waals surface area contributed by atoms with Crippen LogP contribution in [0.25, 0.3) is 0 Å². The molecule has 0 aliphatic rings. The Morgan fingerprint density at radius 1 is 0.632 bits per heavy atom. The van der Waals surface area contributed by atoms with E-state index in [-0.39, 0.29) is 13.2 Å². The first-order chi connectivity index (χ1) is 9.33. The molecule has 0 aromatic heterocycles. The minimum Gasteiger partial charge on any atom is -0.394 e. The van der Waals surface area contributed by atoms with Crippen molar-refractivity contribution in [1.29, 1.82) is 0 Å². The summed E-state index contributed by atoms with van der Waals surface area (Å²) in [6.45, 7) is 8.87. The number of aliphatic hydroxyl groups is 2. The molecule has 118 valence electrons. The predicted octanol–water partition coefficient (Wildman–Crippen LogP) is -0.859. The Balaban J connectivity index is 0. The zero-order valence-electron chi connectivity index (χ0n) is 12.2. The standard InChI is InChI=1S/C8H18O5.C4H12N2/c9-1-3-11-5-7-13-8-6-12-4-2-10;1-3-5-6-4-2/h9-10H,1-8H2;5-6H,3-4H2,1-2H3. The van der Waals surface area contributed by atoms with Gasteiger partial charge in [0.2, 0.25) is 0 Å². The largest absolute Gasteiger partial charge is 0.394 e. The first kappa shape index (κ1) is 21.0. The molecule has 0 saturated heterocycles. The van der Waals surface area contributed by atoms with Crippen LogP contribution in [0.4, 0.5) is 0 Å². The monoisotopic (exact) mass is 282 g/mol. The quantitative estimate of drug-likeness (QED) is 0.258. The minimum atomic E-state index is 0.0413. The molecule has 4 N–H and O–H groups in total. The molecule has 0 radical (unpaired) electrons. The summed E-state index contributed by atoms with van der Waals surface area (Å²) in [4.78, 5) is 0. The number of hydrogen-bond acceptors (Lipinski definition) is 7. The normalized spacial score (nSPS) is 10.1. The van der Waals surface area contributed by atoms with Crippen LogP contribution in [0.15, 0.2) is 0 Å². The Hall–Kier alpha value is -0.280. The third kappa shape index (κ3) is 27.1. The molecule has 0 heterocycles. The van der Waals surface area contributed by atoms with Gasteiger partial charge in [-0.05, 0) is 0 Å². The third-order valence-electron chi connectivity index (χ3n) is 1.69. The van der Waals surface area contributed by atoms with Crippen LogP contribution in [0.2, 0.25) is 0 Å². The van der Waals surface area contributed by atoms with Crippen LogP contribution >= 0.6 is 0 Å². The van der Waals surface area contributed by atoms with E-state index in [2.05, 4.69) is 24.7 Å². The molecule has 0 aromatic rings. The fourth-order valence-electron chi connectivity index (χ4n) is 0.921. The fourth-order valence-corrected chi connectivity index (χ4v) is 0.921. The van der Waals surface area contributed by atoms with E-state index in [9.17, 15) is 0 Å². The summed E-state index contributed by atoms with van der Waals surface area (Å²) in [6, 6.07) is 0. The van der Waals surface area contributed by atoms with E-state index in [1.807, 2.05) is 0 Å². The number of hydrogen-bond donors (Lipinski definition) is 4. The first-order valence-electron chi connectivity index (χ1n) is 6.74. The second-order valence-electron chi connectivity index (χ2n) is 3.34. The van der Waals surface area contributed by atoms with Gasteiger partial charge in [-0.1, -0.05) is 13.8 Å². The van der Waals surface area contributed by atoms with Crippen molar-refractivity contribution in [1.82, 2.24) is 10.9 Å². The Labute approximate surface area is 116 Å². The molecule has 0 amide bonds. The Bertz CT molecular complexity index is 127. The minimum absolute atomic E-state index is 0.0413. The van der Waals surface area contributed by atoms with E-state index in [1.165, 1.54) is 0 Å². The summed E-state index contributed by atoms with van der Waals surface area (Å²) in [5.74, 6) is 0. The lowest BCUT2D eigenvalue weighted by Crippen LogP contribution is -2.30. The molecule has 0 atom stereocenters. The van der Waals surface area contributed by atoms with Gasteiger partial charge in [-0.15, -0.1) is 0 Å². The smallest absolute Gasteiger partial charge is 0.0701 e. The molecule has 0 aliphatic carbocycles. The van der Waals surface area contributed by atoms with E-state index in [0.29, 0.717) is 39.6 Å². The van der Waals surface area contributed by atoms with E-state index < -0.39 is 0 Å².